The molecule has 1 aromatic heterocycles. The molecule has 2 heterocycles. The second kappa shape index (κ2) is 2.64. The van der Waals surface area contributed by atoms with Crippen LogP contribution in [0.15, 0.2) is 29.7 Å². The van der Waals surface area contributed by atoms with Crippen molar-refractivity contribution in [2.24, 2.45) is 5.92 Å². The molecule has 0 amide bonds. The second-order valence-electron chi connectivity index (χ2n) is 3.40. The Morgan fingerprint density at radius 2 is 2.33 bits per heavy atom. The van der Waals surface area contributed by atoms with E-state index in [1.165, 1.54) is 6.42 Å². The minimum absolute atomic E-state index is 0.778. The average molecular weight is 194 g/mol. The number of thioether (sulfide) groups is 1. The predicted molar refractivity (Wildman–Crippen MR) is 55.7 cm³/mol. The molecule has 0 spiro atoms. The van der Waals surface area contributed by atoms with Gasteiger partial charge in [-0.25, -0.2) is 0 Å². The molecule has 3 rings (SSSR count). The largest absolute Gasteiger partial charge is 0.148 e. The van der Waals surface area contributed by atoms with Crippen molar-refractivity contribution in [3.8, 4) is 0 Å². The molecule has 0 saturated carbocycles. The van der Waals surface area contributed by atoms with Crippen molar-refractivity contribution >= 4 is 23.1 Å². The van der Waals surface area contributed by atoms with E-state index in [1.807, 2.05) is 11.3 Å². The van der Waals surface area contributed by atoms with Crippen LogP contribution in [0.4, 0.5) is 0 Å². The van der Waals surface area contributed by atoms with Gasteiger partial charge in [0.25, 0.3) is 0 Å². The molecule has 1 aromatic rings. The summed E-state index contributed by atoms with van der Waals surface area (Å²) in [5.41, 5.74) is 0. The Balaban J connectivity index is 1.92. The Morgan fingerprint density at radius 3 is 2.92 bits per heavy atom. The number of thiophene rings is 1. The molecule has 1 fully saturated rings. The standard InChI is InChI=1S/C10H10S2/c1-2-9(11-5-1)10-7-3-4-8(6-7)12-10/h1-5,7-8,10H,6H2/t7-,8+,10-/m1/s1. The maximum absolute atomic E-state index is 2.41. The minimum Gasteiger partial charge on any atom is -0.148 e. The third kappa shape index (κ3) is 0.979. The van der Waals surface area contributed by atoms with Gasteiger partial charge in [0.05, 0.1) is 0 Å². The van der Waals surface area contributed by atoms with Crippen molar-refractivity contribution in [2.75, 3.05) is 0 Å². The molecule has 0 radical (unpaired) electrons. The van der Waals surface area contributed by atoms with Crippen LogP contribution in [0.5, 0.6) is 0 Å². The summed E-state index contributed by atoms with van der Waals surface area (Å²) in [6.07, 6.45) is 6.16. The molecule has 0 nitrogen and oxygen atoms in total. The SMILES string of the molecule is C1=C[C@H]2C[C@@H]1[C@H](c1cccs1)S2. The molecule has 2 bridgehead atoms. The number of hydrogen-bond acceptors (Lipinski definition) is 2. The molecule has 1 saturated heterocycles. The highest BCUT2D eigenvalue weighted by Gasteiger charge is 2.37. The zero-order valence-electron chi connectivity index (χ0n) is 6.64. The summed E-state index contributed by atoms with van der Waals surface area (Å²) in [7, 11) is 0. The van der Waals surface area contributed by atoms with Crippen LogP contribution < -0.4 is 0 Å². The van der Waals surface area contributed by atoms with Gasteiger partial charge in [-0.1, -0.05) is 18.2 Å². The normalized spacial score (nSPS) is 37.8. The first kappa shape index (κ1) is 7.22. The van der Waals surface area contributed by atoms with Crippen molar-refractivity contribution < 1.29 is 0 Å². The summed E-state index contributed by atoms with van der Waals surface area (Å²) < 4.78 is 0. The van der Waals surface area contributed by atoms with Gasteiger partial charge >= 0.3 is 0 Å². The van der Waals surface area contributed by atoms with E-state index in [9.17, 15) is 0 Å². The molecular weight excluding hydrogens is 184 g/mol. The van der Waals surface area contributed by atoms with E-state index in [0.29, 0.717) is 0 Å². The molecule has 0 N–H and O–H groups in total. The lowest BCUT2D eigenvalue weighted by Gasteiger charge is -2.15. The van der Waals surface area contributed by atoms with E-state index in [0.717, 1.165) is 16.4 Å². The molecule has 2 heteroatoms. The van der Waals surface area contributed by atoms with Crippen LogP contribution in [0.25, 0.3) is 0 Å². The van der Waals surface area contributed by atoms with Gasteiger partial charge in [-0.3, -0.25) is 0 Å². The van der Waals surface area contributed by atoms with Gasteiger partial charge in [-0.05, 0) is 23.8 Å². The van der Waals surface area contributed by atoms with Crippen LogP contribution in [-0.2, 0) is 0 Å². The van der Waals surface area contributed by atoms with Crippen molar-refractivity contribution in [3.63, 3.8) is 0 Å². The summed E-state index contributed by atoms with van der Waals surface area (Å²) in [5, 5.41) is 3.79. The van der Waals surface area contributed by atoms with Crippen LogP contribution in [0, 0.1) is 5.92 Å². The summed E-state index contributed by atoms with van der Waals surface area (Å²) in [5.74, 6) is 0.832. The highest BCUT2D eigenvalue weighted by Crippen LogP contribution is 2.54. The molecule has 0 unspecified atom stereocenters. The van der Waals surface area contributed by atoms with E-state index in [-0.39, 0.29) is 0 Å². The fraction of sp³-hybridized carbons (Fsp3) is 0.400. The molecular formula is C10H10S2. The van der Waals surface area contributed by atoms with Gasteiger partial charge < -0.3 is 0 Å². The van der Waals surface area contributed by atoms with Gasteiger partial charge in [0, 0.05) is 15.4 Å². The highest BCUT2D eigenvalue weighted by atomic mass is 32.2. The Morgan fingerprint density at radius 1 is 1.33 bits per heavy atom. The van der Waals surface area contributed by atoms with Crippen LogP contribution in [0.3, 0.4) is 0 Å². The van der Waals surface area contributed by atoms with Crippen molar-refractivity contribution in [1.29, 1.82) is 0 Å². The number of allylic oxidation sites excluding steroid dienone is 1. The molecule has 62 valence electrons. The lowest BCUT2D eigenvalue weighted by molar-refractivity contribution is 0.665. The van der Waals surface area contributed by atoms with Gasteiger partial charge in [-0.15, -0.1) is 23.1 Å². The van der Waals surface area contributed by atoms with E-state index < -0.39 is 0 Å². The fourth-order valence-electron chi connectivity index (χ4n) is 2.04. The molecule has 1 aliphatic carbocycles. The fourth-order valence-corrected chi connectivity index (χ4v) is 4.66. The van der Waals surface area contributed by atoms with Crippen LogP contribution >= 0.6 is 23.1 Å². The second-order valence-corrected chi connectivity index (χ2v) is 5.76. The molecule has 12 heavy (non-hydrogen) atoms. The zero-order valence-corrected chi connectivity index (χ0v) is 8.28. The van der Waals surface area contributed by atoms with Gasteiger partial charge in [-0.2, -0.15) is 0 Å². The number of rotatable bonds is 1. The minimum atomic E-state index is 0.778. The highest BCUT2D eigenvalue weighted by molar-refractivity contribution is 8.00. The van der Waals surface area contributed by atoms with E-state index >= 15 is 0 Å². The van der Waals surface area contributed by atoms with Gasteiger partial charge in [0.1, 0.15) is 0 Å². The van der Waals surface area contributed by atoms with Gasteiger partial charge in [0.2, 0.25) is 0 Å². The third-order valence-corrected chi connectivity index (χ3v) is 5.31. The zero-order chi connectivity index (χ0) is 7.97. The number of hydrogen-bond donors (Lipinski definition) is 0. The smallest absolute Gasteiger partial charge is 0.0460 e. The Hall–Kier alpha value is -0.210. The van der Waals surface area contributed by atoms with Crippen molar-refractivity contribution in [3.05, 3.63) is 34.5 Å². The summed E-state index contributed by atoms with van der Waals surface area (Å²) >= 11 is 4.05. The van der Waals surface area contributed by atoms with Crippen LogP contribution in [0.2, 0.25) is 0 Å². The molecule has 0 aromatic carbocycles. The maximum atomic E-state index is 2.41. The maximum Gasteiger partial charge on any atom is 0.0460 e. The Kier molecular flexibility index (Phi) is 1.59. The van der Waals surface area contributed by atoms with E-state index in [2.05, 4.69) is 41.4 Å². The first-order valence-electron chi connectivity index (χ1n) is 4.31. The third-order valence-electron chi connectivity index (χ3n) is 2.61. The first-order valence-corrected chi connectivity index (χ1v) is 6.13. The lowest BCUT2D eigenvalue weighted by Crippen LogP contribution is -1.98. The van der Waals surface area contributed by atoms with Gasteiger partial charge in [0.15, 0.2) is 0 Å². The Bertz CT molecular complexity index is 300. The molecule has 2 aliphatic rings. The van der Waals surface area contributed by atoms with E-state index in [4.69, 9.17) is 0 Å². The summed E-state index contributed by atoms with van der Waals surface area (Å²) in [6, 6.07) is 4.44. The Labute approximate surface area is 80.7 Å². The monoisotopic (exact) mass is 194 g/mol. The summed E-state index contributed by atoms with van der Waals surface area (Å²) in [6.45, 7) is 0. The summed E-state index contributed by atoms with van der Waals surface area (Å²) in [4.78, 5) is 1.57. The van der Waals surface area contributed by atoms with Crippen LogP contribution in [0.1, 0.15) is 16.5 Å². The topological polar surface area (TPSA) is 0 Å². The average Bonchev–Trinajstić information content (AvgIpc) is 2.81. The van der Waals surface area contributed by atoms with Crippen molar-refractivity contribution in [2.45, 2.75) is 16.9 Å². The first-order chi connectivity index (χ1) is 5.93. The lowest BCUT2D eigenvalue weighted by atomic mass is 10.0. The van der Waals surface area contributed by atoms with Crippen LogP contribution in [-0.4, -0.2) is 5.25 Å². The molecule has 1 aliphatic heterocycles. The van der Waals surface area contributed by atoms with E-state index in [1.54, 1.807) is 4.88 Å². The predicted octanol–water partition coefficient (Wildman–Crippen LogP) is 3.48. The quantitative estimate of drug-likeness (QED) is 0.617. The number of fused-ring (bicyclic) bond motifs is 2. The van der Waals surface area contributed by atoms with Crippen molar-refractivity contribution in [1.82, 2.24) is 0 Å². The molecule has 3 atom stereocenters.